The Balaban J connectivity index is 1.43. The van der Waals surface area contributed by atoms with Crippen molar-refractivity contribution in [3.8, 4) is 11.3 Å². The zero-order chi connectivity index (χ0) is 22.0. The minimum Gasteiger partial charge on any atom is -0.352 e. The molecule has 1 amide bonds. The van der Waals surface area contributed by atoms with Crippen molar-refractivity contribution < 1.29 is 9.18 Å². The number of hydrogen-bond donors (Lipinski definition) is 1. The molecular formula is C22H22FN5O3. The van der Waals surface area contributed by atoms with Crippen LogP contribution < -0.4 is 16.4 Å². The first-order valence-corrected chi connectivity index (χ1v) is 10.2. The van der Waals surface area contributed by atoms with E-state index in [4.69, 9.17) is 0 Å². The van der Waals surface area contributed by atoms with Crippen molar-refractivity contribution in [1.82, 2.24) is 24.9 Å². The molecule has 0 saturated carbocycles. The molecule has 0 radical (unpaired) electrons. The van der Waals surface area contributed by atoms with E-state index in [1.807, 2.05) is 0 Å². The summed E-state index contributed by atoms with van der Waals surface area (Å²) in [6.45, 7) is 2.00. The van der Waals surface area contributed by atoms with Gasteiger partial charge in [0.05, 0.1) is 17.9 Å². The summed E-state index contributed by atoms with van der Waals surface area (Å²) in [4.78, 5) is 37.0. The summed E-state index contributed by atoms with van der Waals surface area (Å²) in [5, 5.41) is 11.4. The van der Waals surface area contributed by atoms with Crippen LogP contribution in [0.3, 0.4) is 0 Å². The maximum Gasteiger partial charge on any atom is 0.267 e. The van der Waals surface area contributed by atoms with Crippen LogP contribution in [-0.4, -0.2) is 32.0 Å². The van der Waals surface area contributed by atoms with Gasteiger partial charge in [-0.2, -0.15) is 10.2 Å². The zero-order valence-corrected chi connectivity index (χ0v) is 17.0. The van der Waals surface area contributed by atoms with Crippen LogP contribution in [0.4, 0.5) is 4.39 Å². The van der Waals surface area contributed by atoms with Gasteiger partial charge in [0.2, 0.25) is 5.91 Å². The molecule has 4 rings (SSSR count). The number of nitrogens with one attached hydrogen (secondary N) is 1. The maximum atomic E-state index is 13.2. The summed E-state index contributed by atoms with van der Waals surface area (Å²) in [5.74, 6) is -0.776. The standard InChI is InChI=1S/C22H22FN5O3/c1-14(28-20(29)10-9-19(26-28)15-5-7-17(23)8-6-15)22(31)24-11-12-27-21(30)13-16-3-2-4-18(16)25-27/h5-10,13-14H,2-4,11-12H2,1H3,(H,24,31). The normalized spacial score (nSPS) is 13.6. The fourth-order valence-corrected chi connectivity index (χ4v) is 3.62. The minimum absolute atomic E-state index is 0.187. The van der Waals surface area contributed by atoms with Crippen molar-refractivity contribution in [3.63, 3.8) is 0 Å². The highest BCUT2D eigenvalue weighted by Crippen LogP contribution is 2.17. The first-order valence-electron chi connectivity index (χ1n) is 10.2. The van der Waals surface area contributed by atoms with Gasteiger partial charge in [0, 0.05) is 24.2 Å². The Morgan fingerprint density at radius 2 is 1.87 bits per heavy atom. The predicted octanol–water partition coefficient (Wildman–Crippen LogP) is 1.47. The number of halogens is 1. The number of amides is 1. The molecule has 9 heteroatoms. The quantitative estimate of drug-likeness (QED) is 0.647. The van der Waals surface area contributed by atoms with E-state index in [1.54, 1.807) is 25.1 Å². The van der Waals surface area contributed by atoms with Gasteiger partial charge in [0.1, 0.15) is 11.9 Å². The smallest absolute Gasteiger partial charge is 0.267 e. The summed E-state index contributed by atoms with van der Waals surface area (Å²) in [6, 6.07) is 9.32. The van der Waals surface area contributed by atoms with Gasteiger partial charge in [-0.25, -0.2) is 13.8 Å². The second-order valence-corrected chi connectivity index (χ2v) is 7.51. The Morgan fingerprint density at radius 1 is 1.10 bits per heavy atom. The van der Waals surface area contributed by atoms with Crippen molar-refractivity contribution in [2.45, 2.75) is 38.8 Å². The lowest BCUT2D eigenvalue weighted by atomic mass is 10.1. The summed E-state index contributed by atoms with van der Waals surface area (Å²) in [5.41, 5.74) is 2.41. The minimum atomic E-state index is -0.863. The van der Waals surface area contributed by atoms with Crippen molar-refractivity contribution in [2.24, 2.45) is 0 Å². The van der Waals surface area contributed by atoms with E-state index in [0.29, 0.717) is 11.3 Å². The molecule has 2 aromatic heterocycles. The van der Waals surface area contributed by atoms with Gasteiger partial charge in [0.15, 0.2) is 0 Å². The lowest BCUT2D eigenvalue weighted by Crippen LogP contribution is -2.39. The van der Waals surface area contributed by atoms with Crippen LogP contribution in [0.25, 0.3) is 11.3 Å². The van der Waals surface area contributed by atoms with E-state index in [2.05, 4.69) is 15.5 Å². The number of hydrogen-bond acceptors (Lipinski definition) is 5. The average Bonchev–Trinajstić information content (AvgIpc) is 3.21. The molecule has 2 heterocycles. The highest BCUT2D eigenvalue weighted by Gasteiger charge is 2.19. The third-order valence-electron chi connectivity index (χ3n) is 5.36. The van der Waals surface area contributed by atoms with E-state index >= 15 is 0 Å². The molecule has 1 unspecified atom stereocenters. The zero-order valence-electron chi connectivity index (χ0n) is 17.0. The summed E-state index contributed by atoms with van der Waals surface area (Å²) < 4.78 is 15.6. The molecule has 1 atom stereocenters. The largest absolute Gasteiger partial charge is 0.352 e. The second-order valence-electron chi connectivity index (χ2n) is 7.51. The van der Waals surface area contributed by atoms with E-state index in [1.165, 1.54) is 28.9 Å². The topological polar surface area (TPSA) is 98.9 Å². The molecule has 31 heavy (non-hydrogen) atoms. The van der Waals surface area contributed by atoms with E-state index in [-0.39, 0.29) is 24.5 Å². The fraction of sp³-hybridized carbons (Fsp3) is 0.318. The third-order valence-corrected chi connectivity index (χ3v) is 5.36. The number of carbonyl (C=O) groups excluding carboxylic acids is 1. The van der Waals surface area contributed by atoms with Crippen LogP contribution in [-0.2, 0) is 24.2 Å². The highest BCUT2D eigenvalue weighted by molar-refractivity contribution is 5.79. The van der Waals surface area contributed by atoms with E-state index in [0.717, 1.165) is 35.2 Å². The first kappa shape index (κ1) is 20.6. The van der Waals surface area contributed by atoms with Crippen LogP contribution in [0.5, 0.6) is 0 Å². The number of rotatable bonds is 6. The first-order chi connectivity index (χ1) is 14.9. The van der Waals surface area contributed by atoms with Crippen LogP contribution in [0.2, 0.25) is 0 Å². The third kappa shape index (κ3) is 4.45. The Bertz CT molecular complexity index is 1230. The van der Waals surface area contributed by atoms with Crippen molar-refractivity contribution in [3.05, 3.63) is 80.2 Å². The lowest BCUT2D eigenvalue weighted by Gasteiger charge is -2.15. The number of carbonyl (C=O) groups is 1. The molecular weight excluding hydrogens is 401 g/mol. The van der Waals surface area contributed by atoms with Crippen molar-refractivity contribution in [2.75, 3.05) is 6.54 Å². The molecule has 0 saturated heterocycles. The fourth-order valence-electron chi connectivity index (χ4n) is 3.62. The molecule has 1 aromatic carbocycles. The number of benzene rings is 1. The Hall–Kier alpha value is -3.62. The summed E-state index contributed by atoms with van der Waals surface area (Å²) in [6.07, 6.45) is 2.74. The Labute approximate surface area is 177 Å². The molecule has 0 bridgehead atoms. The van der Waals surface area contributed by atoms with Crippen LogP contribution in [0, 0.1) is 5.82 Å². The molecule has 160 valence electrons. The van der Waals surface area contributed by atoms with Crippen molar-refractivity contribution in [1.29, 1.82) is 0 Å². The van der Waals surface area contributed by atoms with Crippen LogP contribution in [0.1, 0.15) is 30.6 Å². The molecule has 1 N–H and O–H groups in total. The molecule has 3 aromatic rings. The number of fused-ring (bicyclic) bond motifs is 1. The molecule has 1 aliphatic rings. The number of nitrogens with zero attached hydrogens (tertiary/aromatic N) is 4. The van der Waals surface area contributed by atoms with E-state index in [9.17, 15) is 18.8 Å². The van der Waals surface area contributed by atoms with Crippen molar-refractivity contribution >= 4 is 5.91 Å². The maximum absolute atomic E-state index is 13.2. The molecule has 1 aliphatic carbocycles. The molecule has 0 fully saturated rings. The second kappa shape index (κ2) is 8.63. The van der Waals surface area contributed by atoms with E-state index < -0.39 is 17.5 Å². The van der Waals surface area contributed by atoms with Gasteiger partial charge < -0.3 is 5.32 Å². The highest BCUT2D eigenvalue weighted by atomic mass is 19.1. The van der Waals surface area contributed by atoms with Gasteiger partial charge in [-0.15, -0.1) is 0 Å². The number of aryl methyl sites for hydroxylation is 2. The predicted molar refractivity (Wildman–Crippen MR) is 112 cm³/mol. The van der Waals surface area contributed by atoms with Gasteiger partial charge in [-0.3, -0.25) is 14.4 Å². The summed E-state index contributed by atoms with van der Waals surface area (Å²) >= 11 is 0. The van der Waals surface area contributed by atoms with Gasteiger partial charge >= 0.3 is 0 Å². The van der Waals surface area contributed by atoms with Crippen LogP contribution >= 0.6 is 0 Å². The lowest BCUT2D eigenvalue weighted by molar-refractivity contribution is -0.124. The molecule has 0 aliphatic heterocycles. The van der Waals surface area contributed by atoms with Gasteiger partial charge in [-0.05, 0) is 62.1 Å². The van der Waals surface area contributed by atoms with Gasteiger partial charge in [0.25, 0.3) is 11.1 Å². The Morgan fingerprint density at radius 3 is 2.65 bits per heavy atom. The summed E-state index contributed by atoms with van der Waals surface area (Å²) in [7, 11) is 0. The molecule has 8 nitrogen and oxygen atoms in total. The van der Waals surface area contributed by atoms with Crippen LogP contribution in [0.15, 0.2) is 52.1 Å². The SMILES string of the molecule is CC(C(=O)NCCn1nc2c(cc1=O)CCC2)n1nc(-c2ccc(F)cc2)ccc1=O. The number of aromatic nitrogens is 4. The molecule has 0 spiro atoms. The van der Waals surface area contributed by atoms with Gasteiger partial charge in [-0.1, -0.05) is 0 Å². The monoisotopic (exact) mass is 423 g/mol. The average molecular weight is 423 g/mol. The Kier molecular flexibility index (Phi) is 5.75.